The maximum Gasteiger partial charge on any atom is 0.0705 e. The molecule has 1 heterocycles. The standard InChI is InChI=1S/C16H22N2/c1-3-4-7-13(2)17-12-15-11-10-14-8-5-6-9-16(14)18-15/h5-6,8-11,13,17H,3-4,7,12H2,1-2H3. The van der Waals surface area contributed by atoms with Crippen molar-refractivity contribution in [2.24, 2.45) is 0 Å². The average Bonchev–Trinajstić information content (AvgIpc) is 2.42. The number of hydrogen-bond donors (Lipinski definition) is 1. The number of rotatable bonds is 6. The second-order valence-corrected chi connectivity index (χ2v) is 4.92. The van der Waals surface area contributed by atoms with E-state index in [1.807, 2.05) is 6.07 Å². The van der Waals surface area contributed by atoms with E-state index in [4.69, 9.17) is 0 Å². The van der Waals surface area contributed by atoms with E-state index in [1.165, 1.54) is 24.6 Å². The van der Waals surface area contributed by atoms with Crippen LogP contribution in [0.25, 0.3) is 10.9 Å². The molecule has 0 amide bonds. The molecule has 0 saturated heterocycles. The SMILES string of the molecule is CCCCC(C)NCc1ccc2ccccc2n1. The fraction of sp³-hybridized carbons (Fsp3) is 0.438. The molecule has 0 radical (unpaired) electrons. The van der Waals surface area contributed by atoms with E-state index in [2.05, 4.69) is 54.5 Å². The molecule has 1 atom stereocenters. The predicted octanol–water partition coefficient (Wildman–Crippen LogP) is 3.90. The molecule has 1 aromatic heterocycles. The summed E-state index contributed by atoms with van der Waals surface area (Å²) in [5.74, 6) is 0. The first-order valence-corrected chi connectivity index (χ1v) is 6.87. The topological polar surface area (TPSA) is 24.9 Å². The van der Waals surface area contributed by atoms with Crippen molar-refractivity contribution in [2.45, 2.75) is 45.7 Å². The zero-order valence-corrected chi connectivity index (χ0v) is 11.3. The summed E-state index contributed by atoms with van der Waals surface area (Å²) in [5.41, 5.74) is 2.20. The highest BCUT2D eigenvalue weighted by Crippen LogP contribution is 2.11. The van der Waals surface area contributed by atoms with Crippen LogP contribution in [0.15, 0.2) is 36.4 Å². The minimum Gasteiger partial charge on any atom is -0.309 e. The van der Waals surface area contributed by atoms with E-state index in [0.29, 0.717) is 6.04 Å². The van der Waals surface area contributed by atoms with Crippen molar-refractivity contribution in [2.75, 3.05) is 0 Å². The van der Waals surface area contributed by atoms with Gasteiger partial charge < -0.3 is 5.32 Å². The number of nitrogens with zero attached hydrogens (tertiary/aromatic N) is 1. The normalized spacial score (nSPS) is 12.8. The lowest BCUT2D eigenvalue weighted by atomic mass is 10.1. The van der Waals surface area contributed by atoms with Gasteiger partial charge >= 0.3 is 0 Å². The zero-order valence-electron chi connectivity index (χ0n) is 11.3. The molecule has 0 aliphatic heterocycles. The molecule has 0 saturated carbocycles. The minimum atomic E-state index is 0.568. The van der Waals surface area contributed by atoms with Gasteiger partial charge in [0.1, 0.15) is 0 Å². The summed E-state index contributed by atoms with van der Waals surface area (Å²) in [7, 11) is 0. The van der Waals surface area contributed by atoms with Crippen LogP contribution in [-0.2, 0) is 6.54 Å². The van der Waals surface area contributed by atoms with Crippen LogP contribution >= 0.6 is 0 Å². The largest absolute Gasteiger partial charge is 0.309 e. The Bertz CT molecular complexity index is 493. The summed E-state index contributed by atoms with van der Waals surface area (Å²) in [6, 6.07) is 13.1. The van der Waals surface area contributed by atoms with Crippen molar-refractivity contribution in [3.63, 3.8) is 0 Å². The molecule has 2 aromatic rings. The summed E-state index contributed by atoms with van der Waals surface area (Å²) >= 11 is 0. The van der Waals surface area contributed by atoms with Crippen LogP contribution in [0.4, 0.5) is 0 Å². The number of unbranched alkanes of at least 4 members (excludes halogenated alkanes) is 1. The van der Waals surface area contributed by atoms with Crippen molar-refractivity contribution in [1.29, 1.82) is 0 Å². The Hall–Kier alpha value is -1.41. The van der Waals surface area contributed by atoms with Crippen LogP contribution in [0.2, 0.25) is 0 Å². The van der Waals surface area contributed by atoms with Gasteiger partial charge in [-0.2, -0.15) is 0 Å². The lowest BCUT2D eigenvalue weighted by Gasteiger charge is -2.13. The van der Waals surface area contributed by atoms with Gasteiger partial charge in [-0.05, 0) is 25.5 Å². The first kappa shape index (κ1) is 13.0. The van der Waals surface area contributed by atoms with Gasteiger partial charge in [-0.25, -0.2) is 0 Å². The quantitative estimate of drug-likeness (QED) is 0.831. The van der Waals surface area contributed by atoms with Gasteiger partial charge in [-0.15, -0.1) is 0 Å². The van der Waals surface area contributed by atoms with E-state index in [1.54, 1.807) is 0 Å². The monoisotopic (exact) mass is 242 g/mol. The first-order chi connectivity index (χ1) is 8.79. The molecule has 1 unspecified atom stereocenters. The fourth-order valence-corrected chi connectivity index (χ4v) is 2.10. The van der Waals surface area contributed by atoms with Crippen LogP contribution in [0.3, 0.4) is 0 Å². The molecule has 1 N–H and O–H groups in total. The lowest BCUT2D eigenvalue weighted by molar-refractivity contribution is 0.492. The van der Waals surface area contributed by atoms with E-state index < -0.39 is 0 Å². The zero-order chi connectivity index (χ0) is 12.8. The van der Waals surface area contributed by atoms with Crippen LogP contribution in [0.5, 0.6) is 0 Å². The van der Waals surface area contributed by atoms with Crippen LogP contribution in [0.1, 0.15) is 38.8 Å². The van der Waals surface area contributed by atoms with Crippen molar-refractivity contribution < 1.29 is 0 Å². The third kappa shape index (κ3) is 3.54. The van der Waals surface area contributed by atoms with Crippen molar-refractivity contribution in [1.82, 2.24) is 10.3 Å². The van der Waals surface area contributed by atoms with Gasteiger partial charge in [0.15, 0.2) is 0 Å². The van der Waals surface area contributed by atoms with Crippen LogP contribution in [-0.4, -0.2) is 11.0 Å². The second-order valence-electron chi connectivity index (χ2n) is 4.92. The van der Waals surface area contributed by atoms with Gasteiger partial charge in [-0.3, -0.25) is 4.98 Å². The number of fused-ring (bicyclic) bond motifs is 1. The first-order valence-electron chi connectivity index (χ1n) is 6.87. The highest BCUT2D eigenvalue weighted by atomic mass is 14.9. The number of nitrogens with one attached hydrogen (secondary N) is 1. The summed E-state index contributed by atoms with van der Waals surface area (Å²) < 4.78 is 0. The maximum absolute atomic E-state index is 4.66. The van der Waals surface area contributed by atoms with Crippen molar-refractivity contribution in [3.05, 3.63) is 42.1 Å². The van der Waals surface area contributed by atoms with Gasteiger partial charge in [0.05, 0.1) is 11.2 Å². The molecule has 2 heteroatoms. The molecule has 2 rings (SSSR count). The molecule has 0 aliphatic rings. The Morgan fingerprint density at radius 1 is 1.17 bits per heavy atom. The van der Waals surface area contributed by atoms with E-state index in [9.17, 15) is 0 Å². The molecule has 18 heavy (non-hydrogen) atoms. The maximum atomic E-state index is 4.66. The highest BCUT2D eigenvalue weighted by Gasteiger charge is 2.02. The van der Waals surface area contributed by atoms with Gasteiger partial charge in [0.2, 0.25) is 0 Å². The van der Waals surface area contributed by atoms with Crippen molar-refractivity contribution >= 4 is 10.9 Å². The Morgan fingerprint density at radius 2 is 2.00 bits per heavy atom. The Kier molecular flexibility index (Phi) is 4.71. The van der Waals surface area contributed by atoms with Crippen LogP contribution < -0.4 is 5.32 Å². The summed E-state index contributed by atoms with van der Waals surface area (Å²) in [6.45, 7) is 5.34. The molecular formula is C16H22N2. The van der Waals surface area contributed by atoms with Crippen molar-refractivity contribution in [3.8, 4) is 0 Å². The van der Waals surface area contributed by atoms with E-state index in [0.717, 1.165) is 17.8 Å². The smallest absolute Gasteiger partial charge is 0.0705 e. The molecule has 0 fully saturated rings. The van der Waals surface area contributed by atoms with E-state index >= 15 is 0 Å². The highest BCUT2D eigenvalue weighted by molar-refractivity contribution is 5.78. The third-order valence-corrected chi connectivity index (χ3v) is 3.28. The number of aromatic nitrogens is 1. The van der Waals surface area contributed by atoms with E-state index in [-0.39, 0.29) is 0 Å². The second kappa shape index (κ2) is 6.50. The molecule has 96 valence electrons. The molecule has 1 aromatic carbocycles. The van der Waals surface area contributed by atoms with Gasteiger partial charge in [0, 0.05) is 18.0 Å². The fourth-order valence-electron chi connectivity index (χ4n) is 2.10. The summed E-state index contributed by atoms with van der Waals surface area (Å²) in [5, 5.41) is 4.74. The summed E-state index contributed by atoms with van der Waals surface area (Å²) in [4.78, 5) is 4.66. The van der Waals surface area contributed by atoms with Gasteiger partial charge in [-0.1, -0.05) is 44.0 Å². The van der Waals surface area contributed by atoms with Gasteiger partial charge in [0.25, 0.3) is 0 Å². The third-order valence-electron chi connectivity index (χ3n) is 3.28. The molecule has 0 spiro atoms. The summed E-state index contributed by atoms with van der Waals surface area (Å²) in [6.07, 6.45) is 3.80. The average molecular weight is 242 g/mol. The van der Waals surface area contributed by atoms with Crippen LogP contribution in [0, 0.1) is 0 Å². The Labute approximate surface area is 109 Å². The lowest BCUT2D eigenvalue weighted by Crippen LogP contribution is -2.25. The minimum absolute atomic E-state index is 0.568. The Morgan fingerprint density at radius 3 is 2.83 bits per heavy atom. The molecular weight excluding hydrogens is 220 g/mol. The molecule has 0 bridgehead atoms. The Balaban J connectivity index is 1.95. The number of hydrogen-bond acceptors (Lipinski definition) is 2. The number of benzene rings is 1. The predicted molar refractivity (Wildman–Crippen MR) is 77.6 cm³/mol. The molecule has 2 nitrogen and oxygen atoms in total. The molecule has 0 aliphatic carbocycles. The number of para-hydroxylation sites is 1. The number of pyridine rings is 1.